The van der Waals surface area contributed by atoms with Crippen molar-refractivity contribution in [1.29, 1.82) is 0 Å². The molecule has 0 saturated carbocycles. The highest BCUT2D eigenvalue weighted by Gasteiger charge is 2.06. The molecule has 0 aromatic carbocycles. The molecule has 2 aromatic rings. The van der Waals surface area contributed by atoms with Crippen molar-refractivity contribution in [2.24, 2.45) is 0 Å². The van der Waals surface area contributed by atoms with Gasteiger partial charge in [-0.25, -0.2) is 9.97 Å². The summed E-state index contributed by atoms with van der Waals surface area (Å²) in [4.78, 5) is 22.2. The minimum Gasteiger partial charge on any atom is -0.363 e. The molecule has 0 fully saturated rings. The van der Waals surface area contributed by atoms with Crippen LogP contribution >= 0.6 is 11.3 Å². The number of aromatic nitrogens is 2. The lowest BCUT2D eigenvalue weighted by Gasteiger charge is -2.12. The maximum absolute atomic E-state index is 11.7. The second-order valence-electron chi connectivity index (χ2n) is 4.31. The lowest BCUT2D eigenvalue weighted by molar-refractivity contribution is -0.120. The van der Waals surface area contributed by atoms with Crippen LogP contribution < -0.4 is 10.2 Å². The van der Waals surface area contributed by atoms with Crippen molar-refractivity contribution in [1.82, 2.24) is 15.3 Å². The Labute approximate surface area is 116 Å². The summed E-state index contributed by atoms with van der Waals surface area (Å²) in [5.41, 5.74) is 3.38. The summed E-state index contributed by atoms with van der Waals surface area (Å²) in [6.07, 6.45) is 0.316. The average molecular weight is 276 g/mol. The molecule has 0 aliphatic carbocycles. The van der Waals surface area contributed by atoms with Crippen molar-refractivity contribution < 1.29 is 4.79 Å². The van der Waals surface area contributed by atoms with Crippen molar-refractivity contribution >= 4 is 23.1 Å². The molecule has 0 unspecified atom stereocenters. The Balaban J connectivity index is 1.88. The van der Waals surface area contributed by atoms with E-state index in [1.165, 1.54) is 11.3 Å². The van der Waals surface area contributed by atoms with Crippen LogP contribution in [-0.4, -0.2) is 30.0 Å². The molecule has 0 radical (unpaired) electrons. The molecule has 2 heterocycles. The van der Waals surface area contributed by atoms with E-state index in [2.05, 4.69) is 15.3 Å². The van der Waals surface area contributed by atoms with E-state index in [0.717, 1.165) is 17.2 Å². The van der Waals surface area contributed by atoms with Gasteiger partial charge in [0.1, 0.15) is 5.82 Å². The number of hydrogen-bond acceptors (Lipinski definition) is 5. The largest absolute Gasteiger partial charge is 0.363 e. The Morgan fingerprint density at radius 3 is 2.89 bits per heavy atom. The van der Waals surface area contributed by atoms with Gasteiger partial charge in [0.25, 0.3) is 0 Å². The average Bonchev–Trinajstić information content (AvgIpc) is 2.89. The highest BCUT2D eigenvalue weighted by atomic mass is 32.1. The normalized spacial score (nSPS) is 10.2. The molecule has 0 atom stereocenters. The first kappa shape index (κ1) is 13.5. The molecule has 6 heteroatoms. The molecule has 0 saturated heterocycles. The second-order valence-corrected chi connectivity index (χ2v) is 5.03. The van der Waals surface area contributed by atoms with E-state index in [9.17, 15) is 4.79 Å². The SMILES string of the molecule is CN(C)c1cccc(CNC(=O)Cc2cscn2)n1. The Morgan fingerprint density at radius 2 is 2.21 bits per heavy atom. The monoisotopic (exact) mass is 276 g/mol. The molecule has 1 N–H and O–H groups in total. The van der Waals surface area contributed by atoms with Gasteiger partial charge in [-0.05, 0) is 12.1 Å². The van der Waals surface area contributed by atoms with Crippen LogP contribution in [-0.2, 0) is 17.8 Å². The zero-order valence-electron chi connectivity index (χ0n) is 11.0. The Hall–Kier alpha value is -1.95. The van der Waals surface area contributed by atoms with Gasteiger partial charge < -0.3 is 10.2 Å². The molecular formula is C13H16N4OS. The standard InChI is InChI=1S/C13H16N4OS/c1-17(2)12-5-3-4-10(16-12)7-14-13(18)6-11-8-19-9-15-11/h3-5,8-9H,6-7H2,1-2H3,(H,14,18). The molecule has 0 aliphatic rings. The first-order chi connectivity index (χ1) is 9.15. The van der Waals surface area contributed by atoms with E-state index >= 15 is 0 Å². The number of nitrogens with one attached hydrogen (secondary N) is 1. The number of carbonyl (C=O) groups excluding carboxylic acids is 1. The smallest absolute Gasteiger partial charge is 0.226 e. The van der Waals surface area contributed by atoms with Crippen LogP contribution in [0.25, 0.3) is 0 Å². The minimum atomic E-state index is -0.0389. The van der Waals surface area contributed by atoms with Crippen molar-refractivity contribution in [3.05, 3.63) is 40.5 Å². The second kappa shape index (κ2) is 6.29. The number of thiazole rings is 1. The minimum absolute atomic E-state index is 0.0389. The third kappa shape index (κ3) is 4.03. The predicted octanol–water partition coefficient (Wildman–Crippen LogP) is 1.46. The molecule has 100 valence electrons. The summed E-state index contributed by atoms with van der Waals surface area (Å²) in [5.74, 6) is 0.842. The first-order valence-corrected chi connectivity index (χ1v) is 6.86. The zero-order chi connectivity index (χ0) is 13.7. The van der Waals surface area contributed by atoms with E-state index < -0.39 is 0 Å². The van der Waals surface area contributed by atoms with E-state index in [4.69, 9.17) is 0 Å². The van der Waals surface area contributed by atoms with Crippen LogP contribution in [0.15, 0.2) is 29.1 Å². The third-order valence-electron chi connectivity index (χ3n) is 2.54. The van der Waals surface area contributed by atoms with Crippen LogP contribution in [0, 0.1) is 0 Å². The highest BCUT2D eigenvalue weighted by Crippen LogP contribution is 2.07. The van der Waals surface area contributed by atoms with Crippen LogP contribution in [0.3, 0.4) is 0 Å². The number of nitrogens with zero attached hydrogens (tertiary/aromatic N) is 3. The number of amides is 1. The molecule has 2 rings (SSSR count). The zero-order valence-corrected chi connectivity index (χ0v) is 11.8. The van der Waals surface area contributed by atoms with E-state index in [1.807, 2.05) is 42.6 Å². The molecule has 19 heavy (non-hydrogen) atoms. The van der Waals surface area contributed by atoms with Crippen LogP contribution in [0.2, 0.25) is 0 Å². The van der Waals surface area contributed by atoms with Crippen molar-refractivity contribution in [2.75, 3.05) is 19.0 Å². The Bertz CT molecular complexity index is 539. The van der Waals surface area contributed by atoms with Gasteiger partial charge in [-0.1, -0.05) is 6.07 Å². The van der Waals surface area contributed by atoms with Gasteiger partial charge in [-0.2, -0.15) is 0 Å². The lowest BCUT2D eigenvalue weighted by Crippen LogP contribution is -2.25. The molecule has 0 aliphatic heterocycles. The van der Waals surface area contributed by atoms with E-state index in [0.29, 0.717) is 13.0 Å². The maximum Gasteiger partial charge on any atom is 0.226 e. The number of hydrogen-bond donors (Lipinski definition) is 1. The fourth-order valence-electron chi connectivity index (χ4n) is 1.56. The van der Waals surface area contributed by atoms with Gasteiger partial charge in [0.2, 0.25) is 5.91 Å². The predicted molar refractivity (Wildman–Crippen MR) is 76.2 cm³/mol. The summed E-state index contributed by atoms with van der Waals surface area (Å²) in [6, 6.07) is 5.76. The summed E-state index contributed by atoms with van der Waals surface area (Å²) in [6.45, 7) is 0.435. The third-order valence-corrected chi connectivity index (χ3v) is 3.18. The summed E-state index contributed by atoms with van der Waals surface area (Å²) in [7, 11) is 3.87. The Kier molecular flexibility index (Phi) is 4.46. The number of rotatable bonds is 5. The topological polar surface area (TPSA) is 58.1 Å². The van der Waals surface area contributed by atoms with Gasteiger partial charge >= 0.3 is 0 Å². The van der Waals surface area contributed by atoms with Gasteiger partial charge in [-0.3, -0.25) is 4.79 Å². The van der Waals surface area contributed by atoms with Crippen LogP contribution in [0.1, 0.15) is 11.4 Å². The molecular weight excluding hydrogens is 260 g/mol. The summed E-state index contributed by atoms with van der Waals surface area (Å²) < 4.78 is 0. The lowest BCUT2D eigenvalue weighted by atomic mass is 10.3. The molecule has 5 nitrogen and oxygen atoms in total. The number of anilines is 1. The fourth-order valence-corrected chi connectivity index (χ4v) is 2.11. The van der Waals surface area contributed by atoms with Crippen LogP contribution in [0.5, 0.6) is 0 Å². The van der Waals surface area contributed by atoms with Crippen molar-refractivity contribution in [2.45, 2.75) is 13.0 Å². The van der Waals surface area contributed by atoms with Crippen molar-refractivity contribution in [3.8, 4) is 0 Å². The number of carbonyl (C=O) groups is 1. The first-order valence-electron chi connectivity index (χ1n) is 5.92. The molecule has 0 spiro atoms. The molecule has 2 aromatic heterocycles. The van der Waals surface area contributed by atoms with Gasteiger partial charge in [0.15, 0.2) is 0 Å². The highest BCUT2D eigenvalue weighted by molar-refractivity contribution is 7.07. The molecule has 1 amide bonds. The summed E-state index contributed by atoms with van der Waals surface area (Å²) in [5, 5.41) is 4.73. The van der Waals surface area contributed by atoms with E-state index in [1.54, 1.807) is 5.51 Å². The van der Waals surface area contributed by atoms with Gasteiger partial charge in [-0.15, -0.1) is 11.3 Å². The quantitative estimate of drug-likeness (QED) is 0.898. The van der Waals surface area contributed by atoms with Crippen molar-refractivity contribution in [3.63, 3.8) is 0 Å². The van der Waals surface area contributed by atoms with Gasteiger partial charge in [0, 0.05) is 19.5 Å². The van der Waals surface area contributed by atoms with Crippen LogP contribution in [0.4, 0.5) is 5.82 Å². The van der Waals surface area contributed by atoms with E-state index in [-0.39, 0.29) is 5.91 Å². The fraction of sp³-hybridized carbons (Fsp3) is 0.308. The Morgan fingerprint density at radius 1 is 1.37 bits per heavy atom. The van der Waals surface area contributed by atoms with Gasteiger partial charge in [0.05, 0.1) is 29.9 Å². The maximum atomic E-state index is 11.7. The number of pyridine rings is 1. The molecule has 0 bridgehead atoms. The summed E-state index contributed by atoms with van der Waals surface area (Å²) >= 11 is 1.49.